The van der Waals surface area contributed by atoms with E-state index in [4.69, 9.17) is 9.47 Å². The molecule has 5 nitrogen and oxygen atoms in total. The Balaban J connectivity index is 2.03. The van der Waals surface area contributed by atoms with E-state index in [0.29, 0.717) is 13.0 Å². The number of halogens is 3. The highest BCUT2D eigenvalue weighted by Gasteiger charge is 2.35. The maximum absolute atomic E-state index is 12.6. The molecule has 140 valence electrons. The molecular weight excluding hydrogens is 337 g/mol. The van der Waals surface area contributed by atoms with Crippen LogP contribution in [0.3, 0.4) is 0 Å². The summed E-state index contributed by atoms with van der Waals surface area (Å²) in [6.07, 6.45) is -3.07. The number of pyridine rings is 1. The van der Waals surface area contributed by atoms with Gasteiger partial charge in [-0.25, -0.2) is 9.78 Å². The van der Waals surface area contributed by atoms with Crippen LogP contribution in [0.4, 0.5) is 18.0 Å². The second-order valence-corrected chi connectivity index (χ2v) is 7.10. The third-order valence-electron chi connectivity index (χ3n) is 3.88. The van der Waals surface area contributed by atoms with Gasteiger partial charge in [-0.15, -0.1) is 0 Å². The molecule has 0 radical (unpaired) electrons. The van der Waals surface area contributed by atoms with E-state index < -0.39 is 23.4 Å². The average molecular weight is 360 g/mol. The molecule has 1 aromatic rings. The monoisotopic (exact) mass is 360 g/mol. The third kappa shape index (κ3) is 5.24. The number of hydrogen-bond acceptors (Lipinski definition) is 4. The van der Waals surface area contributed by atoms with Crippen molar-refractivity contribution in [1.82, 2.24) is 9.88 Å². The first-order valence-corrected chi connectivity index (χ1v) is 8.17. The molecule has 1 aliphatic rings. The SMILES string of the molecule is CC1C(Oc2ccc(C(F)(F)F)cn2)CCCN1C(=O)OC(C)(C)C. The lowest BCUT2D eigenvalue weighted by Gasteiger charge is -2.39. The van der Waals surface area contributed by atoms with Crippen molar-refractivity contribution in [2.45, 2.75) is 64.5 Å². The van der Waals surface area contributed by atoms with Crippen LogP contribution in [0.2, 0.25) is 0 Å². The summed E-state index contributed by atoms with van der Waals surface area (Å²) < 4.78 is 48.8. The van der Waals surface area contributed by atoms with E-state index in [1.165, 1.54) is 6.07 Å². The summed E-state index contributed by atoms with van der Waals surface area (Å²) >= 11 is 0. The van der Waals surface area contributed by atoms with Crippen LogP contribution in [-0.2, 0) is 10.9 Å². The van der Waals surface area contributed by atoms with Crippen LogP contribution in [0, 0.1) is 0 Å². The molecule has 1 fully saturated rings. The molecule has 0 aromatic carbocycles. The zero-order chi connectivity index (χ0) is 18.8. The average Bonchev–Trinajstić information content (AvgIpc) is 2.47. The number of carbonyl (C=O) groups excluding carboxylic acids is 1. The van der Waals surface area contributed by atoms with Gasteiger partial charge in [0.25, 0.3) is 0 Å². The van der Waals surface area contributed by atoms with Gasteiger partial charge in [-0.2, -0.15) is 13.2 Å². The van der Waals surface area contributed by atoms with Crippen LogP contribution in [0.25, 0.3) is 0 Å². The van der Waals surface area contributed by atoms with E-state index in [2.05, 4.69) is 4.98 Å². The summed E-state index contributed by atoms with van der Waals surface area (Å²) in [6.45, 7) is 7.76. The van der Waals surface area contributed by atoms with Gasteiger partial charge in [0.2, 0.25) is 5.88 Å². The van der Waals surface area contributed by atoms with Crippen LogP contribution < -0.4 is 4.74 Å². The maximum Gasteiger partial charge on any atom is 0.417 e. The van der Waals surface area contributed by atoms with Gasteiger partial charge in [0, 0.05) is 18.8 Å². The minimum absolute atomic E-state index is 0.107. The molecule has 0 saturated carbocycles. The molecule has 0 N–H and O–H groups in total. The fourth-order valence-electron chi connectivity index (χ4n) is 2.62. The first kappa shape index (κ1) is 19.3. The van der Waals surface area contributed by atoms with Crippen molar-refractivity contribution in [2.75, 3.05) is 6.54 Å². The Morgan fingerprint density at radius 1 is 1.28 bits per heavy atom. The molecule has 2 unspecified atom stereocenters. The lowest BCUT2D eigenvalue weighted by molar-refractivity contribution is -0.137. The molecule has 8 heteroatoms. The second-order valence-electron chi connectivity index (χ2n) is 7.10. The van der Waals surface area contributed by atoms with Crippen molar-refractivity contribution in [3.63, 3.8) is 0 Å². The number of likely N-dealkylation sites (tertiary alicyclic amines) is 1. The first-order valence-electron chi connectivity index (χ1n) is 8.17. The quantitative estimate of drug-likeness (QED) is 0.790. The standard InChI is InChI=1S/C17H23F3N2O3/c1-11-13(6-5-9-22(11)15(23)25-16(2,3)4)24-14-8-7-12(10-21-14)17(18,19)20/h7-8,10-11,13H,5-6,9H2,1-4H3. The molecule has 0 aliphatic carbocycles. The fraction of sp³-hybridized carbons (Fsp3) is 0.647. The van der Waals surface area contributed by atoms with E-state index >= 15 is 0 Å². The molecule has 0 bridgehead atoms. The van der Waals surface area contributed by atoms with Crippen molar-refractivity contribution in [2.24, 2.45) is 0 Å². The van der Waals surface area contributed by atoms with Gasteiger partial charge in [-0.1, -0.05) is 0 Å². The number of nitrogens with zero attached hydrogens (tertiary/aromatic N) is 2. The van der Waals surface area contributed by atoms with Crippen LogP contribution in [0.1, 0.15) is 46.1 Å². The van der Waals surface area contributed by atoms with Gasteiger partial charge < -0.3 is 14.4 Å². The summed E-state index contributed by atoms with van der Waals surface area (Å²) in [5.41, 5.74) is -1.42. The molecule has 1 saturated heterocycles. The van der Waals surface area contributed by atoms with Crippen molar-refractivity contribution in [3.05, 3.63) is 23.9 Å². The number of aromatic nitrogens is 1. The number of hydrogen-bond donors (Lipinski definition) is 0. The van der Waals surface area contributed by atoms with Crippen molar-refractivity contribution >= 4 is 6.09 Å². The lowest BCUT2D eigenvalue weighted by Crippen LogP contribution is -2.52. The summed E-state index contributed by atoms with van der Waals surface area (Å²) in [7, 11) is 0. The van der Waals surface area contributed by atoms with E-state index in [-0.39, 0.29) is 18.0 Å². The zero-order valence-corrected chi connectivity index (χ0v) is 14.8. The van der Waals surface area contributed by atoms with Gasteiger partial charge in [0.15, 0.2) is 0 Å². The van der Waals surface area contributed by atoms with Crippen LogP contribution in [0.15, 0.2) is 18.3 Å². The first-order chi connectivity index (χ1) is 11.5. The molecule has 1 amide bonds. The lowest BCUT2D eigenvalue weighted by atomic mass is 10.0. The highest BCUT2D eigenvalue weighted by atomic mass is 19.4. The van der Waals surface area contributed by atoms with Crippen molar-refractivity contribution in [1.29, 1.82) is 0 Å². The highest BCUT2D eigenvalue weighted by Crippen LogP contribution is 2.30. The largest absolute Gasteiger partial charge is 0.472 e. The number of amides is 1. The molecule has 2 heterocycles. The van der Waals surface area contributed by atoms with Gasteiger partial charge in [0.1, 0.15) is 11.7 Å². The van der Waals surface area contributed by atoms with E-state index in [9.17, 15) is 18.0 Å². The van der Waals surface area contributed by atoms with Crippen LogP contribution >= 0.6 is 0 Å². The van der Waals surface area contributed by atoms with Crippen LogP contribution in [-0.4, -0.2) is 40.3 Å². The number of carbonyl (C=O) groups is 1. The molecule has 25 heavy (non-hydrogen) atoms. The van der Waals surface area contributed by atoms with Gasteiger partial charge in [-0.05, 0) is 46.6 Å². The summed E-state index contributed by atoms with van der Waals surface area (Å²) in [6, 6.07) is 1.86. The summed E-state index contributed by atoms with van der Waals surface area (Å²) in [5.74, 6) is 0.107. The molecular formula is C17H23F3N2O3. The van der Waals surface area contributed by atoms with E-state index in [1.54, 1.807) is 25.7 Å². The zero-order valence-electron chi connectivity index (χ0n) is 14.8. The Kier molecular flexibility index (Phi) is 5.49. The predicted octanol–water partition coefficient (Wildman–Crippen LogP) is 4.27. The van der Waals surface area contributed by atoms with Crippen LogP contribution in [0.5, 0.6) is 5.88 Å². The topological polar surface area (TPSA) is 51.7 Å². The Labute approximate surface area is 145 Å². The predicted molar refractivity (Wildman–Crippen MR) is 85.3 cm³/mol. The number of piperidine rings is 1. The van der Waals surface area contributed by atoms with Gasteiger partial charge in [-0.3, -0.25) is 0 Å². The van der Waals surface area contributed by atoms with E-state index in [0.717, 1.165) is 18.7 Å². The molecule has 2 atom stereocenters. The summed E-state index contributed by atoms with van der Waals surface area (Å²) in [4.78, 5) is 17.6. The minimum Gasteiger partial charge on any atom is -0.472 e. The minimum atomic E-state index is -4.43. The maximum atomic E-state index is 12.6. The molecule has 0 spiro atoms. The Morgan fingerprint density at radius 2 is 1.96 bits per heavy atom. The van der Waals surface area contributed by atoms with Gasteiger partial charge in [0.05, 0.1) is 11.6 Å². The number of alkyl halides is 3. The molecule has 2 rings (SSSR count). The van der Waals surface area contributed by atoms with E-state index in [1.807, 2.05) is 6.92 Å². The second kappa shape index (κ2) is 7.09. The van der Waals surface area contributed by atoms with Crippen molar-refractivity contribution in [3.8, 4) is 5.88 Å². The van der Waals surface area contributed by atoms with Gasteiger partial charge >= 0.3 is 12.3 Å². The third-order valence-corrected chi connectivity index (χ3v) is 3.88. The Hall–Kier alpha value is -1.99. The Morgan fingerprint density at radius 3 is 2.48 bits per heavy atom. The van der Waals surface area contributed by atoms with Crippen molar-refractivity contribution < 1.29 is 27.4 Å². The highest BCUT2D eigenvalue weighted by molar-refractivity contribution is 5.68. The smallest absolute Gasteiger partial charge is 0.417 e. The Bertz CT molecular complexity index is 597. The fourth-order valence-corrected chi connectivity index (χ4v) is 2.62. The summed E-state index contributed by atoms with van der Waals surface area (Å²) in [5, 5.41) is 0. The molecule has 1 aromatic heterocycles. The number of ether oxygens (including phenoxy) is 2. The number of rotatable bonds is 2. The normalized spacial score (nSPS) is 21.8. The molecule has 1 aliphatic heterocycles.